The molecule has 1 saturated heterocycles. The third-order valence-electron chi connectivity index (χ3n) is 7.05. The van der Waals surface area contributed by atoms with Gasteiger partial charge >= 0.3 is 0 Å². The number of halogens is 1. The molecule has 5 rings (SSSR count). The number of aliphatic hydroxyl groups excluding tert-OH is 1. The lowest BCUT2D eigenvalue weighted by atomic mass is 10.00. The molecule has 10 nitrogen and oxygen atoms in total. The van der Waals surface area contributed by atoms with Gasteiger partial charge in [0.2, 0.25) is 11.9 Å². The van der Waals surface area contributed by atoms with E-state index in [4.69, 9.17) is 0 Å². The van der Waals surface area contributed by atoms with E-state index in [0.717, 1.165) is 37.6 Å². The van der Waals surface area contributed by atoms with Crippen molar-refractivity contribution in [2.24, 2.45) is 0 Å². The molecule has 0 spiro atoms. The summed E-state index contributed by atoms with van der Waals surface area (Å²) in [6.45, 7) is 9.46. The molecule has 3 heterocycles. The van der Waals surface area contributed by atoms with Gasteiger partial charge in [-0.1, -0.05) is 12.6 Å². The zero-order valence-electron chi connectivity index (χ0n) is 22.4. The summed E-state index contributed by atoms with van der Waals surface area (Å²) >= 11 is 0. The molecule has 2 unspecified atom stereocenters. The number of nitrogens with zero attached hydrogens (tertiary/aromatic N) is 3. The number of aromatic nitrogens is 1. The van der Waals surface area contributed by atoms with Gasteiger partial charge in [-0.05, 0) is 55.5 Å². The van der Waals surface area contributed by atoms with Crippen molar-refractivity contribution < 1.29 is 19.1 Å². The fourth-order valence-electron chi connectivity index (χ4n) is 5.08. The number of carbonyl (C=O) groups is 2. The molecule has 0 saturated carbocycles. The first-order chi connectivity index (χ1) is 19.3. The van der Waals surface area contributed by atoms with E-state index in [1.165, 1.54) is 10.8 Å². The van der Waals surface area contributed by atoms with Gasteiger partial charge in [-0.2, -0.15) is 4.39 Å². The van der Waals surface area contributed by atoms with Crippen molar-refractivity contribution in [2.75, 3.05) is 65.5 Å². The van der Waals surface area contributed by atoms with Crippen LogP contribution in [0.2, 0.25) is 0 Å². The Balaban J connectivity index is 1.28. The molecule has 40 heavy (non-hydrogen) atoms. The van der Waals surface area contributed by atoms with E-state index in [1.54, 1.807) is 37.4 Å². The van der Waals surface area contributed by atoms with Crippen molar-refractivity contribution in [1.29, 1.82) is 0 Å². The van der Waals surface area contributed by atoms with Crippen LogP contribution in [0.4, 0.5) is 32.8 Å². The van der Waals surface area contributed by atoms with E-state index < -0.39 is 12.0 Å². The quantitative estimate of drug-likeness (QED) is 0.260. The summed E-state index contributed by atoms with van der Waals surface area (Å²) in [5.74, 6) is -1.00. The number of hydrogen-bond donors (Lipinski definition) is 5. The molecule has 5 N–H and O–H groups in total. The number of benzene rings is 2. The first kappa shape index (κ1) is 27.2. The highest BCUT2D eigenvalue weighted by molar-refractivity contribution is 5.99. The van der Waals surface area contributed by atoms with Crippen LogP contribution in [0.3, 0.4) is 0 Å². The van der Waals surface area contributed by atoms with E-state index in [9.17, 15) is 14.7 Å². The Hall–Kier alpha value is -4.35. The number of amides is 1. The monoisotopic (exact) mass is 547 g/mol. The molecule has 0 radical (unpaired) electrons. The fourth-order valence-corrected chi connectivity index (χ4v) is 5.08. The first-order valence-electron chi connectivity index (χ1n) is 13.3. The summed E-state index contributed by atoms with van der Waals surface area (Å²) in [6, 6.07) is 14.0. The molecule has 1 aromatic heterocycles. The number of β-amino-alcohol motifs (C(OH)–C–C–N with tert-alkyl or cyclic N) is 1. The van der Waals surface area contributed by atoms with Crippen LogP contribution in [0.5, 0.6) is 0 Å². The van der Waals surface area contributed by atoms with Crippen molar-refractivity contribution in [1.82, 2.24) is 9.58 Å². The molecule has 2 aliphatic heterocycles. The van der Waals surface area contributed by atoms with Gasteiger partial charge in [0.05, 0.1) is 24.0 Å². The van der Waals surface area contributed by atoms with Gasteiger partial charge in [-0.25, -0.2) is 4.68 Å². The number of Topliss-reactive ketones (excluding diaryl/α,β-unsaturated/α-hetero) is 1. The Morgan fingerprint density at radius 2 is 1.88 bits per heavy atom. The molecule has 210 valence electrons. The maximum Gasteiger partial charge on any atom is 0.247 e. The number of piperazine rings is 1. The number of aliphatic hydroxyl groups is 1. The number of anilines is 5. The predicted octanol–water partition coefficient (Wildman–Crippen LogP) is 3.28. The van der Waals surface area contributed by atoms with Crippen molar-refractivity contribution in [2.45, 2.75) is 19.1 Å². The predicted molar refractivity (Wildman–Crippen MR) is 155 cm³/mol. The Morgan fingerprint density at radius 1 is 1.15 bits per heavy atom. The van der Waals surface area contributed by atoms with Gasteiger partial charge < -0.3 is 26.0 Å². The highest BCUT2D eigenvalue weighted by atomic mass is 19.1. The molecular weight excluding hydrogens is 513 g/mol. The molecule has 3 aromatic rings. The number of rotatable bonds is 9. The zero-order chi connectivity index (χ0) is 28.2. The second-order valence-corrected chi connectivity index (χ2v) is 10.1. The maximum absolute atomic E-state index is 15.4. The molecule has 0 bridgehead atoms. The molecular formula is C29H34FN7O3. The Labute approximate surface area is 232 Å². The highest BCUT2D eigenvalue weighted by Gasteiger charge is 2.32. The van der Waals surface area contributed by atoms with E-state index in [-0.39, 0.29) is 30.0 Å². The Bertz CT molecular complexity index is 1380. The summed E-state index contributed by atoms with van der Waals surface area (Å²) in [7, 11) is 0. The largest absolute Gasteiger partial charge is 0.392 e. The Morgan fingerprint density at radius 3 is 2.58 bits per heavy atom. The topological polar surface area (TPSA) is 114 Å². The molecule has 1 fully saturated rings. The number of carbonyl (C=O) groups excluding carboxylic acids is 2. The van der Waals surface area contributed by atoms with Crippen molar-refractivity contribution in [3.8, 4) is 0 Å². The van der Waals surface area contributed by atoms with Gasteiger partial charge in [-0.3, -0.25) is 19.9 Å². The standard InChI is InChI=1S/C29H34FN7O3/c1-3-26(40)32-21-5-4-6-22(15-21)34-37-18-24-27(25(39)16-31-28(24)29(37)30)33-20-7-9-23(10-8-20)36-13-11-35(12-14-36)17-19(2)38/h3-10,15,18-19,27,31,33-34,38H,1,11-14,16-17H2,2H3,(H,32,40). The van der Waals surface area contributed by atoms with Gasteiger partial charge in [0, 0.05) is 61.5 Å². The normalized spacial score (nSPS) is 17.9. The van der Waals surface area contributed by atoms with Crippen molar-refractivity contribution >= 4 is 40.1 Å². The summed E-state index contributed by atoms with van der Waals surface area (Å²) in [5, 5.41) is 18.5. The summed E-state index contributed by atoms with van der Waals surface area (Å²) in [6.07, 6.45) is 2.39. The lowest BCUT2D eigenvalue weighted by Crippen LogP contribution is -2.48. The minimum Gasteiger partial charge on any atom is -0.392 e. The SMILES string of the molecule is C=CC(=O)Nc1cccc(Nn2cc3c(c2F)NCC(=O)C3Nc2ccc(N3CCN(CC(C)O)CC3)cc2)c1. The van der Waals surface area contributed by atoms with Crippen LogP contribution in [0.25, 0.3) is 0 Å². The van der Waals surface area contributed by atoms with E-state index in [0.29, 0.717) is 23.5 Å². The number of nitrogens with one attached hydrogen (secondary N) is 4. The van der Waals surface area contributed by atoms with Crippen LogP contribution in [0, 0.1) is 5.95 Å². The van der Waals surface area contributed by atoms with Crippen LogP contribution in [-0.2, 0) is 9.59 Å². The number of fused-ring (bicyclic) bond motifs is 1. The lowest BCUT2D eigenvalue weighted by molar-refractivity contribution is -0.118. The average Bonchev–Trinajstić information content (AvgIpc) is 3.26. The Kier molecular flexibility index (Phi) is 8.04. The van der Waals surface area contributed by atoms with E-state index >= 15 is 4.39 Å². The molecule has 2 atom stereocenters. The fraction of sp³-hybridized carbons (Fsp3) is 0.310. The minimum atomic E-state index is -0.720. The highest BCUT2D eigenvalue weighted by Crippen LogP contribution is 2.34. The second-order valence-electron chi connectivity index (χ2n) is 10.1. The van der Waals surface area contributed by atoms with Crippen LogP contribution < -0.4 is 26.3 Å². The van der Waals surface area contributed by atoms with Gasteiger partial charge in [-0.15, -0.1) is 0 Å². The van der Waals surface area contributed by atoms with E-state index in [1.807, 2.05) is 24.3 Å². The third kappa shape index (κ3) is 6.11. The van der Waals surface area contributed by atoms with Gasteiger partial charge in [0.25, 0.3) is 0 Å². The van der Waals surface area contributed by atoms with Crippen LogP contribution in [-0.4, -0.2) is 71.7 Å². The van der Waals surface area contributed by atoms with Gasteiger partial charge in [0.1, 0.15) is 6.04 Å². The van der Waals surface area contributed by atoms with Crippen LogP contribution >= 0.6 is 0 Å². The molecule has 0 aliphatic carbocycles. The average molecular weight is 548 g/mol. The second kappa shape index (κ2) is 11.8. The summed E-state index contributed by atoms with van der Waals surface area (Å²) < 4.78 is 16.6. The first-order valence-corrected chi connectivity index (χ1v) is 13.3. The number of hydrogen-bond acceptors (Lipinski definition) is 8. The smallest absolute Gasteiger partial charge is 0.247 e. The van der Waals surface area contributed by atoms with Crippen LogP contribution in [0.1, 0.15) is 18.5 Å². The molecule has 2 aliphatic rings. The maximum atomic E-state index is 15.4. The summed E-state index contributed by atoms with van der Waals surface area (Å²) in [5.41, 5.74) is 6.66. The van der Waals surface area contributed by atoms with Crippen LogP contribution in [0.15, 0.2) is 67.4 Å². The zero-order valence-corrected chi connectivity index (χ0v) is 22.4. The third-order valence-corrected chi connectivity index (χ3v) is 7.05. The lowest BCUT2D eigenvalue weighted by Gasteiger charge is -2.36. The van der Waals surface area contributed by atoms with Gasteiger partial charge in [0.15, 0.2) is 5.78 Å². The van der Waals surface area contributed by atoms with E-state index in [2.05, 4.69) is 37.8 Å². The number of ketones is 1. The summed E-state index contributed by atoms with van der Waals surface area (Å²) in [4.78, 5) is 29.1. The van der Waals surface area contributed by atoms with Crippen molar-refractivity contribution in [3.63, 3.8) is 0 Å². The molecule has 2 aromatic carbocycles. The molecule has 11 heteroatoms. The molecule has 1 amide bonds. The van der Waals surface area contributed by atoms with Crippen molar-refractivity contribution in [3.05, 3.63) is 78.9 Å². The minimum absolute atomic E-state index is 0.00346.